The first-order valence-corrected chi connectivity index (χ1v) is 15.1. The number of carbonyl (C=O) groups is 6. The molecule has 292 valence electrons. The van der Waals surface area contributed by atoms with Gasteiger partial charge in [-0.3, -0.25) is 49.0 Å². The number of ketones is 2. The standard InChI is InChI=1S/2C17H16N4O5.2BrH.H2O/c2*18-15(22)9-20-16(23)10-19-14-7-6-12(21(25)26)8-13(14)17(24)11-4-2-1-3-5-11;;;/h2*1-8,19H,9-10H2,(H2,18,22)(H,20,23);2*1H;1H2. The van der Waals surface area contributed by atoms with Crippen LogP contribution in [0, 0.1) is 20.2 Å². The van der Waals surface area contributed by atoms with Crippen LogP contribution in [0.4, 0.5) is 22.7 Å². The van der Waals surface area contributed by atoms with E-state index in [-0.39, 0.29) is 99.5 Å². The first-order chi connectivity index (χ1) is 24.8. The third-order valence-electron chi connectivity index (χ3n) is 6.79. The Hall–Kier alpha value is -6.58. The fraction of sp³-hybridized carbons (Fsp3) is 0.118. The molecule has 0 bridgehead atoms. The zero-order chi connectivity index (χ0) is 38.2. The van der Waals surface area contributed by atoms with Gasteiger partial charge in [-0.1, -0.05) is 60.7 Å². The maximum absolute atomic E-state index is 12.7. The van der Waals surface area contributed by atoms with E-state index in [0.29, 0.717) is 11.1 Å². The van der Waals surface area contributed by atoms with Crippen molar-refractivity contribution in [3.05, 3.63) is 140 Å². The van der Waals surface area contributed by atoms with Gasteiger partial charge in [0.25, 0.3) is 11.4 Å². The van der Waals surface area contributed by atoms with Crippen molar-refractivity contribution in [3.8, 4) is 0 Å². The molecule has 0 aliphatic rings. The van der Waals surface area contributed by atoms with Crippen LogP contribution < -0.4 is 32.7 Å². The molecule has 0 saturated carbocycles. The lowest BCUT2D eigenvalue weighted by Crippen LogP contribution is -2.36. The molecule has 0 saturated heterocycles. The van der Waals surface area contributed by atoms with Crippen LogP contribution in [-0.4, -0.2) is 76.7 Å². The summed E-state index contributed by atoms with van der Waals surface area (Å²) in [5.41, 5.74) is 10.8. The lowest BCUT2D eigenvalue weighted by Gasteiger charge is -2.11. The molecular formula is C34H36Br2N8O11. The number of carbonyl (C=O) groups excluding carboxylic acids is 6. The van der Waals surface area contributed by atoms with Crippen LogP contribution in [0.2, 0.25) is 0 Å². The Morgan fingerprint density at radius 3 is 1.15 bits per heavy atom. The highest BCUT2D eigenvalue weighted by Crippen LogP contribution is 2.26. The largest absolute Gasteiger partial charge is 0.412 e. The van der Waals surface area contributed by atoms with Crippen LogP contribution >= 0.6 is 34.0 Å². The Labute approximate surface area is 333 Å². The number of hydrogen-bond acceptors (Lipinski definition) is 12. The zero-order valence-electron chi connectivity index (χ0n) is 28.5. The molecule has 4 rings (SSSR count). The molecule has 4 amide bonds. The summed E-state index contributed by atoms with van der Waals surface area (Å²) in [5, 5.41) is 32.1. The molecule has 0 atom stereocenters. The summed E-state index contributed by atoms with van der Waals surface area (Å²) in [7, 11) is 0. The summed E-state index contributed by atoms with van der Waals surface area (Å²) in [6.45, 7) is -1.09. The van der Waals surface area contributed by atoms with Gasteiger partial charge < -0.3 is 38.2 Å². The Morgan fingerprint density at radius 2 is 0.855 bits per heavy atom. The molecule has 0 spiro atoms. The highest BCUT2D eigenvalue weighted by molar-refractivity contribution is 8.93. The minimum atomic E-state index is -0.686. The topological polar surface area (TPSA) is 320 Å². The number of rotatable bonds is 16. The van der Waals surface area contributed by atoms with Crippen molar-refractivity contribution in [2.24, 2.45) is 11.5 Å². The van der Waals surface area contributed by atoms with Crippen LogP contribution in [-0.2, 0) is 19.2 Å². The van der Waals surface area contributed by atoms with Crippen LogP contribution in [0.5, 0.6) is 0 Å². The van der Waals surface area contributed by atoms with Gasteiger partial charge in [0.15, 0.2) is 11.6 Å². The molecule has 55 heavy (non-hydrogen) atoms. The number of nitrogens with two attached hydrogens (primary N) is 2. The van der Waals surface area contributed by atoms with E-state index in [1.807, 2.05) is 0 Å². The average molecular weight is 893 g/mol. The van der Waals surface area contributed by atoms with Gasteiger partial charge in [0, 0.05) is 46.8 Å². The Kier molecular flexibility index (Phi) is 21.0. The quantitative estimate of drug-likeness (QED) is 0.0535. The van der Waals surface area contributed by atoms with Crippen molar-refractivity contribution in [2.75, 3.05) is 36.8 Å². The molecule has 21 heteroatoms. The van der Waals surface area contributed by atoms with Gasteiger partial charge in [-0.2, -0.15) is 0 Å². The summed E-state index contributed by atoms with van der Waals surface area (Å²) in [4.78, 5) is 90.8. The molecule has 4 aromatic rings. The van der Waals surface area contributed by atoms with Crippen molar-refractivity contribution in [2.45, 2.75) is 0 Å². The van der Waals surface area contributed by atoms with Crippen molar-refractivity contribution in [1.29, 1.82) is 0 Å². The highest BCUT2D eigenvalue weighted by atomic mass is 79.9. The number of primary amides is 2. The summed E-state index contributed by atoms with van der Waals surface area (Å²) < 4.78 is 0. The van der Waals surface area contributed by atoms with Gasteiger partial charge >= 0.3 is 0 Å². The van der Waals surface area contributed by atoms with Gasteiger partial charge in [0.05, 0.1) is 47.2 Å². The summed E-state index contributed by atoms with van der Waals surface area (Å²) in [5.74, 6) is -3.24. The monoisotopic (exact) mass is 890 g/mol. The number of benzene rings is 4. The van der Waals surface area contributed by atoms with Crippen LogP contribution in [0.15, 0.2) is 97.1 Å². The highest BCUT2D eigenvalue weighted by Gasteiger charge is 2.20. The van der Waals surface area contributed by atoms with E-state index in [0.717, 1.165) is 12.1 Å². The smallest absolute Gasteiger partial charge is 0.270 e. The second-order valence-corrected chi connectivity index (χ2v) is 10.6. The summed E-state index contributed by atoms with van der Waals surface area (Å²) in [6.07, 6.45) is 0. The lowest BCUT2D eigenvalue weighted by atomic mass is 10.0. The van der Waals surface area contributed by atoms with Gasteiger partial charge in [-0.15, -0.1) is 34.0 Å². The molecule has 0 unspecified atom stereocenters. The Morgan fingerprint density at radius 1 is 0.527 bits per heavy atom. The summed E-state index contributed by atoms with van der Waals surface area (Å²) in [6, 6.07) is 24.0. The van der Waals surface area contributed by atoms with E-state index < -0.39 is 45.0 Å². The third-order valence-corrected chi connectivity index (χ3v) is 6.79. The van der Waals surface area contributed by atoms with E-state index in [2.05, 4.69) is 21.3 Å². The lowest BCUT2D eigenvalue weighted by molar-refractivity contribution is -0.385. The molecule has 0 fully saturated rings. The van der Waals surface area contributed by atoms with E-state index in [1.54, 1.807) is 60.7 Å². The molecule has 0 aliphatic heterocycles. The molecule has 10 N–H and O–H groups in total. The first kappa shape index (κ1) is 48.4. The molecule has 0 aromatic heterocycles. The van der Waals surface area contributed by atoms with Gasteiger partial charge in [-0.05, 0) is 12.1 Å². The average Bonchev–Trinajstić information content (AvgIpc) is 3.14. The number of nitro benzene ring substituents is 2. The Bertz CT molecular complexity index is 1860. The maximum atomic E-state index is 12.7. The fourth-order valence-corrected chi connectivity index (χ4v) is 4.31. The van der Waals surface area contributed by atoms with Crippen molar-refractivity contribution < 1.29 is 44.1 Å². The van der Waals surface area contributed by atoms with Crippen molar-refractivity contribution >= 4 is 91.9 Å². The number of halogens is 2. The zero-order valence-corrected chi connectivity index (χ0v) is 31.9. The molecule has 0 heterocycles. The number of nitrogens with one attached hydrogen (secondary N) is 4. The maximum Gasteiger partial charge on any atom is 0.270 e. The fourth-order valence-electron chi connectivity index (χ4n) is 4.31. The minimum absolute atomic E-state index is 0. The van der Waals surface area contributed by atoms with Crippen molar-refractivity contribution in [1.82, 2.24) is 10.6 Å². The van der Waals surface area contributed by atoms with E-state index >= 15 is 0 Å². The van der Waals surface area contributed by atoms with Gasteiger partial charge in [0.2, 0.25) is 23.6 Å². The van der Waals surface area contributed by atoms with Gasteiger partial charge in [-0.25, -0.2) is 0 Å². The van der Waals surface area contributed by atoms with Gasteiger partial charge in [0.1, 0.15) is 0 Å². The predicted molar refractivity (Wildman–Crippen MR) is 212 cm³/mol. The van der Waals surface area contributed by atoms with Crippen LogP contribution in [0.25, 0.3) is 0 Å². The molecule has 4 aromatic carbocycles. The van der Waals surface area contributed by atoms with Crippen LogP contribution in [0.1, 0.15) is 31.8 Å². The SMILES string of the molecule is Br.Br.NC(=O)CNC(=O)CNc1ccc([N+](=O)[O-])cc1C(=O)c1ccccc1.NC(=O)CNC(=O)CNc1ccc([N+](=O)[O-])cc1C(=O)c1ccccc1.O. The van der Waals surface area contributed by atoms with E-state index in [9.17, 15) is 49.0 Å². The second-order valence-electron chi connectivity index (χ2n) is 10.6. The van der Waals surface area contributed by atoms with Crippen molar-refractivity contribution in [3.63, 3.8) is 0 Å². The molecule has 19 nitrogen and oxygen atoms in total. The third kappa shape index (κ3) is 15.5. The second kappa shape index (κ2) is 23.9. The number of non-ortho nitro benzene ring substituents is 2. The number of anilines is 2. The first-order valence-electron chi connectivity index (χ1n) is 15.1. The number of nitro groups is 2. The van der Waals surface area contributed by atoms with E-state index in [1.165, 1.54) is 24.3 Å². The molecular weight excluding hydrogens is 856 g/mol. The van der Waals surface area contributed by atoms with E-state index in [4.69, 9.17) is 11.5 Å². The normalized spacial score (nSPS) is 9.45. The number of hydrogen-bond donors (Lipinski definition) is 6. The number of nitrogens with zero attached hydrogens (tertiary/aromatic N) is 2. The predicted octanol–water partition coefficient (Wildman–Crippen LogP) is 2.01. The molecule has 0 radical (unpaired) electrons. The molecule has 0 aliphatic carbocycles. The number of amides is 4. The Balaban J connectivity index is 0.00000101. The van der Waals surface area contributed by atoms with Crippen LogP contribution in [0.3, 0.4) is 0 Å². The summed E-state index contributed by atoms with van der Waals surface area (Å²) >= 11 is 0. The minimum Gasteiger partial charge on any atom is -0.412 e.